The molecule has 3 N–H and O–H groups in total. The zero-order valence-electron chi connectivity index (χ0n) is 15.0. The van der Waals surface area contributed by atoms with Gasteiger partial charge in [-0.2, -0.15) is 13.2 Å². The van der Waals surface area contributed by atoms with E-state index in [1.54, 1.807) is 0 Å². The number of para-hydroxylation sites is 1. The average Bonchev–Trinajstić information content (AvgIpc) is 2.55. The van der Waals surface area contributed by atoms with E-state index >= 15 is 0 Å². The highest BCUT2D eigenvalue weighted by molar-refractivity contribution is 6.31. The molecule has 3 rings (SSSR count). The molecule has 4 nitrogen and oxygen atoms in total. The van der Waals surface area contributed by atoms with Gasteiger partial charge in [-0.1, -0.05) is 23.7 Å². The predicted octanol–water partition coefficient (Wildman–Crippen LogP) is 4.89. The Morgan fingerprint density at radius 1 is 1.14 bits per heavy atom. The Morgan fingerprint density at radius 2 is 1.82 bits per heavy atom. The second-order valence-corrected chi connectivity index (χ2v) is 7.62. The largest absolute Gasteiger partial charge is 0.507 e. The molecule has 0 spiro atoms. The molecule has 0 saturated heterocycles. The number of aliphatic hydroxyl groups is 1. The number of hydrogen-bond acceptors (Lipinski definition) is 3. The number of aromatic hydroxyl groups is 1. The van der Waals surface area contributed by atoms with E-state index < -0.39 is 28.4 Å². The first-order valence-corrected chi connectivity index (χ1v) is 8.72. The third-order valence-corrected chi connectivity index (χ3v) is 4.53. The van der Waals surface area contributed by atoms with E-state index in [4.69, 9.17) is 11.6 Å². The van der Waals surface area contributed by atoms with Crippen LogP contribution >= 0.6 is 11.6 Å². The summed E-state index contributed by atoms with van der Waals surface area (Å²) in [6, 6.07) is 7.61. The molecular weight excluding hydrogens is 395 g/mol. The van der Waals surface area contributed by atoms with Crippen molar-refractivity contribution in [1.29, 1.82) is 0 Å². The summed E-state index contributed by atoms with van der Waals surface area (Å²) in [6.45, 7) is 2.95. The molecule has 1 aromatic heterocycles. The van der Waals surface area contributed by atoms with Gasteiger partial charge in [-0.05, 0) is 38.1 Å². The number of halogens is 4. The van der Waals surface area contributed by atoms with E-state index in [1.807, 2.05) is 0 Å². The van der Waals surface area contributed by atoms with Crippen molar-refractivity contribution >= 4 is 22.5 Å². The summed E-state index contributed by atoms with van der Waals surface area (Å²) in [5, 5.41) is 20.9. The van der Waals surface area contributed by atoms with Gasteiger partial charge < -0.3 is 15.2 Å². The van der Waals surface area contributed by atoms with Crippen LogP contribution in [0.2, 0.25) is 5.02 Å². The molecule has 0 fully saturated rings. The minimum atomic E-state index is -4.69. The highest BCUT2D eigenvalue weighted by Crippen LogP contribution is 2.41. The van der Waals surface area contributed by atoms with Gasteiger partial charge >= 0.3 is 6.18 Å². The molecule has 0 atom stereocenters. The summed E-state index contributed by atoms with van der Waals surface area (Å²) in [5.41, 5.74) is -3.22. The van der Waals surface area contributed by atoms with Crippen molar-refractivity contribution in [3.8, 4) is 16.9 Å². The maximum absolute atomic E-state index is 13.5. The van der Waals surface area contributed by atoms with E-state index in [2.05, 4.69) is 4.98 Å². The summed E-state index contributed by atoms with van der Waals surface area (Å²) < 4.78 is 40.4. The van der Waals surface area contributed by atoms with Crippen LogP contribution in [0.5, 0.6) is 5.75 Å². The predicted molar refractivity (Wildman–Crippen MR) is 102 cm³/mol. The van der Waals surface area contributed by atoms with E-state index in [0.717, 1.165) is 6.07 Å². The topological polar surface area (TPSA) is 73.3 Å². The van der Waals surface area contributed by atoms with E-state index in [-0.39, 0.29) is 39.3 Å². The van der Waals surface area contributed by atoms with Crippen LogP contribution in [-0.4, -0.2) is 20.8 Å². The fraction of sp³-hybridized carbons (Fsp3) is 0.250. The minimum Gasteiger partial charge on any atom is -0.507 e. The number of pyridine rings is 1. The Bertz CT molecular complexity index is 1110. The van der Waals surface area contributed by atoms with Crippen LogP contribution in [0.15, 0.2) is 41.2 Å². The van der Waals surface area contributed by atoms with E-state index in [0.29, 0.717) is 0 Å². The number of benzene rings is 2. The summed E-state index contributed by atoms with van der Waals surface area (Å²) in [7, 11) is 0. The van der Waals surface area contributed by atoms with Crippen LogP contribution in [-0.2, 0) is 12.6 Å². The van der Waals surface area contributed by atoms with Crippen molar-refractivity contribution in [2.75, 3.05) is 0 Å². The molecule has 0 aliphatic carbocycles. The highest BCUT2D eigenvalue weighted by atomic mass is 35.5. The Kier molecular flexibility index (Phi) is 4.93. The minimum absolute atomic E-state index is 0.0527. The number of rotatable bonds is 3. The first-order valence-electron chi connectivity index (χ1n) is 8.35. The molecule has 3 aromatic rings. The van der Waals surface area contributed by atoms with Crippen LogP contribution in [0.3, 0.4) is 0 Å². The molecule has 0 aliphatic rings. The molecule has 28 heavy (non-hydrogen) atoms. The zero-order valence-corrected chi connectivity index (χ0v) is 15.7. The molecular formula is C20H17ClF3NO3. The van der Waals surface area contributed by atoms with Crippen LogP contribution in [0, 0.1) is 0 Å². The van der Waals surface area contributed by atoms with Crippen LogP contribution in [0.1, 0.15) is 25.0 Å². The Hall–Kier alpha value is -2.51. The van der Waals surface area contributed by atoms with Crippen molar-refractivity contribution < 1.29 is 23.4 Å². The molecule has 148 valence electrons. The summed E-state index contributed by atoms with van der Waals surface area (Å²) in [6.07, 6.45) is -4.83. The Labute approximate surface area is 163 Å². The number of aromatic amines is 1. The number of nitrogens with one attached hydrogen (secondary N) is 1. The van der Waals surface area contributed by atoms with Gasteiger partial charge in [0.25, 0.3) is 5.56 Å². The number of phenolic OH excluding ortho intramolecular Hbond substituents is 1. The van der Waals surface area contributed by atoms with Gasteiger partial charge in [0.05, 0.1) is 16.7 Å². The van der Waals surface area contributed by atoms with Crippen LogP contribution < -0.4 is 5.56 Å². The quantitative estimate of drug-likeness (QED) is 0.574. The van der Waals surface area contributed by atoms with Crippen molar-refractivity contribution in [2.24, 2.45) is 0 Å². The molecule has 2 aromatic carbocycles. The lowest BCUT2D eigenvalue weighted by molar-refractivity contribution is -0.136. The lowest BCUT2D eigenvalue weighted by atomic mass is 9.89. The third-order valence-electron chi connectivity index (χ3n) is 4.29. The highest BCUT2D eigenvalue weighted by Gasteiger charge is 2.34. The van der Waals surface area contributed by atoms with Gasteiger partial charge in [0.1, 0.15) is 5.75 Å². The molecule has 0 amide bonds. The summed E-state index contributed by atoms with van der Waals surface area (Å²) in [5.74, 6) is -0.245. The number of H-pyrrole nitrogens is 1. The lowest BCUT2D eigenvalue weighted by Gasteiger charge is -2.21. The number of aromatic nitrogens is 1. The average molecular weight is 412 g/mol. The van der Waals surface area contributed by atoms with E-state index in [9.17, 15) is 28.2 Å². The van der Waals surface area contributed by atoms with Gasteiger partial charge in [0.15, 0.2) is 0 Å². The molecule has 1 heterocycles. The lowest BCUT2D eigenvalue weighted by Crippen LogP contribution is -2.28. The maximum Gasteiger partial charge on any atom is 0.418 e. The number of alkyl halides is 3. The van der Waals surface area contributed by atoms with Gasteiger partial charge in [-0.25, -0.2) is 0 Å². The first-order chi connectivity index (χ1) is 12.9. The van der Waals surface area contributed by atoms with Gasteiger partial charge in [0, 0.05) is 33.5 Å². The number of phenols is 1. The smallest absolute Gasteiger partial charge is 0.418 e. The van der Waals surface area contributed by atoms with Crippen LogP contribution in [0.25, 0.3) is 22.0 Å². The molecule has 0 saturated carbocycles. The zero-order chi connectivity index (χ0) is 20.9. The molecule has 0 radical (unpaired) electrons. The van der Waals surface area contributed by atoms with Crippen LogP contribution in [0.4, 0.5) is 13.2 Å². The summed E-state index contributed by atoms with van der Waals surface area (Å²) in [4.78, 5) is 15.0. The summed E-state index contributed by atoms with van der Waals surface area (Å²) >= 11 is 6.02. The van der Waals surface area contributed by atoms with E-state index in [1.165, 1.54) is 44.2 Å². The monoisotopic (exact) mass is 411 g/mol. The standard InChI is InChI=1S/C20H17ClF3NO3/c1-19(2,28)9-13-16(12-8-10(21)6-7-15(12)26)11-4-3-5-14(20(22,23)24)17(11)25-18(13)27/h3-8,26,28H,9H2,1-2H3,(H,25,27). The SMILES string of the molecule is CC(C)(O)Cc1c(-c2cc(Cl)ccc2O)c2cccc(C(F)(F)F)c2[nH]c1=O. The molecule has 0 bridgehead atoms. The fourth-order valence-electron chi connectivity index (χ4n) is 3.21. The van der Waals surface area contributed by atoms with Gasteiger partial charge in [0.2, 0.25) is 0 Å². The molecule has 0 aliphatic heterocycles. The number of hydrogen-bond donors (Lipinski definition) is 3. The Balaban J connectivity index is 2.52. The molecule has 8 heteroatoms. The first kappa shape index (κ1) is 20.2. The normalized spacial score (nSPS) is 12.5. The van der Waals surface area contributed by atoms with Crippen molar-refractivity contribution in [3.05, 3.63) is 62.9 Å². The fourth-order valence-corrected chi connectivity index (χ4v) is 3.39. The van der Waals surface area contributed by atoms with Crippen molar-refractivity contribution in [2.45, 2.75) is 32.0 Å². The molecule has 0 unspecified atom stereocenters. The number of fused-ring (bicyclic) bond motifs is 1. The maximum atomic E-state index is 13.5. The van der Waals surface area contributed by atoms with Gasteiger partial charge in [-0.3, -0.25) is 4.79 Å². The van der Waals surface area contributed by atoms with Crippen molar-refractivity contribution in [3.63, 3.8) is 0 Å². The second kappa shape index (κ2) is 6.83. The third kappa shape index (κ3) is 3.86. The van der Waals surface area contributed by atoms with Crippen molar-refractivity contribution in [1.82, 2.24) is 4.98 Å². The Morgan fingerprint density at radius 3 is 2.43 bits per heavy atom. The second-order valence-electron chi connectivity index (χ2n) is 7.18. The van der Waals surface area contributed by atoms with Gasteiger partial charge in [-0.15, -0.1) is 0 Å².